The molecule has 0 saturated carbocycles. The Morgan fingerprint density at radius 1 is 1.33 bits per heavy atom. The number of nitrogens with zero attached hydrogens (tertiary/aromatic N) is 2. The van der Waals surface area contributed by atoms with Gasteiger partial charge < -0.3 is 18.9 Å². The Morgan fingerprint density at radius 2 is 2.17 bits per heavy atom. The zero-order valence-corrected chi connectivity index (χ0v) is 14.4. The maximum Gasteiger partial charge on any atom is 0.264 e. The van der Waals surface area contributed by atoms with Crippen LogP contribution in [-0.4, -0.2) is 41.2 Å². The molecule has 1 aliphatic rings. The Morgan fingerprint density at radius 3 is 2.88 bits per heavy atom. The summed E-state index contributed by atoms with van der Waals surface area (Å²) in [4.78, 5) is 14.8. The summed E-state index contributed by atoms with van der Waals surface area (Å²) in [6.45, 7) is 5.47. The number of morpholine rings is 1. The summed E-state index contributed by atoms with van der Waals surface area (Å²) in [5.74, 6) is 0.713. The van der Waals surface area contributed by atoms with E-state index in [1.165, 1.54) is 0 Å². The van der Waals surface area contributed by atoms with Crippen molar-refractivity contribution in [2.24, 2.45) is 7.05 Å². The van der Waals surface area contributed by atoms with Crippen LogP contribution in [0.15, 0.2) is 42.6 Å². The monoisotopic (exact) mass is 328 g/mol. The number of aromatic nitrogens is 1. The fourth-order valence-corrected chi connectivity index (χ4v) is 3.11. The summed E-state index contributed by atoms with van der Waals surface area (Å²) in [5, 5.41) is 0. The van der Waals surface area contributed by atoms with Crippen LogP contribution >= 0.6 is 0 Å². The summed E-state index contributed by atoms with van der Waals surface area (Å²) in [6.07, 6.45) is 1.45. The van der Waals surface area contributed by atoms with Gasteiger partial charge in [0.2, 0.25) is 0 Å². The van der Waals surface area contributed by atoms with Crippen molar-refractivity contribution in [2.45, 2.75) is 26.0 Å². The van der Waals surface area contributed by atoms with Crippen LogP contribution in [-0.2, 0) is 16.6 Å². The molecule has 0 N–H and O–H groups in total. The molecule has 0 unspecified atom stereocenters. The first kappa shape index (κ1) is 16.6. The number of aryl methyl sites for hydroxylation is 2. The van der Waals surface area contributed by atoms with Crippen molar-refractivity contribution in [3.05, 3.63) is 53.9 Å². The number of hydrogen-bond acceptors (Lipinski definition) is 3. The highest BCUT2D eigenvalue weighted by Gasteiger charge is 2.33. The molecular weight excluding hydrogens is 304 g/mol. The van der Waals surface area contributed by atoms with E-state index in [0.29, 0.717) is 19.8 Å². The highest BCUT2D eigenvalue weighted by molar-refractivity contribution is 5.81. The van der Waals surface area contributed by atoms with E-state index >= 15 is 0 Å². The number of ether oxygens (including phenoxy) is 2. The van der Waals surface area contributed by atoms with Crippen LogP contribution in [0.1, 0.15) is 24.2 Å². The van der Waals surface area contributed by atoms with Gasteiger partial charge in [-0.05, 0) is 43.7 Å². The number of carbonyl (C=O) groups is 1. The van der Waals surface area contributed by atoms with Crippen molar-refractivity contribution >= 4 is 5.91 Å². The first-order valence-electron chi connectivity index (χ1n) is 8.29. The van der Waals surface area contributed by atoms with E-state index < -0.39 is 6.10 Å². The van der Waals surface area contributed by atoms with Gasteiger partial charge in [0.05, 0.1) is 19.3 Å². The lowest BCUT2D eigenvalue weighted by atomic mass is 10.1. The Kier molecular flexibility index (Phi) is 4.90. The van der Waals surface area contributed by atoms with Gasteiger partial charge in [-0.25, -0.2) is 0 Å². The zero-order chi connectivity index (χ0) is 17.1. The minimum absolute atomic E-state index is 0.00833. The molecule has 2 atom stereocenters. The topological polar surface area (TPSA) is 43.7 Å². The van der Waals surface area contributed by atoms with E-state index in [4.69, 9.17) is 9.47 Å². The number of rotatable bonds is 4. The van der Waals surface area contributed by atoms with E-state index in [1.54, 1.807) is 0 Å². The Bertz CT molecular complexity index is 710. The molecule has 1 aromatic heterocycles. The molecule has 1 fully saturated rings. The summed E-state index contributed by atoms with van der Waals surface area (Å²) < 4.78 is 13.5. The first-order chi connectivity index (χ1) is 11.6. The van der Waals surface area contributed by atoms with Crippen molar-refractivity contribution in [2.75, 3.05) is 19.8 Å². The minimum atomic E-state index is -0.535. The van der Waals surface area contributed by atoms with Gasteiger partial charge in [-0.2, -0.15) is 0 Å². The fourth-order valence-electron chi connectivity index (χ4n) is 3.11. The van der Waals surface area contributed by atoms with E-state index in [0.717, 1.165) is 17.0 Å². The molecule has 0 radical (unpaired) electrons. The van der Waals surface area contributed by atoms with Crippen molar-refractivity contribution in [1.29, 1.82) is 0 Å². The third-order valence-corrected chi connectivity index (χ3v) is 4.39. The summed E-state index contributed by atoms with van der Waals surface area (Å²) in [5.41, 5.74) is 2.19. The molecule has 3 rings (SSSR count). The second-order valence-corrected chi connectivity index (χ2v) is 6.24. The third-order valence-electron chi connectivity index (χ3n) is 4.39. The highest BCUT2D eigenvalue weighted by atomic mass is 16.5. The molecule has 0 spiro atoms. The van der Waals surface area contributed by atoms with Gasteiger partial charge in [-0.15, -0.1) is 0 Å². The lowest BCUT2D eigenvalue weighted by molar-refractivity contribution is -0.147. The molecule has 2 heterocycles. The number of hydrogen-bond donors (Lipinski definition) is 0. The second-order valence-electron chi connectivity index (χ2n) is 6.24. The van der Waals surface area contributed by atoms with Gasteiger partial charge in [0.1, 0.15) is 5.75 Å². The van der Waals surface area contributed by atoms with Crippen molar-refractivity contribution in [3.8, 4) is 5.75 Å². The average molecular weight is 328 g/mol. The third kappa shape index (κ3) is 3.46. The Labute approximate surface area is 142 Å². The normalized spacial score (nSPS) is 19.1. The van der Waals surface area contributed by atoms with E-state index in [1.807, 2.05) is 73.0 Å². The number of amides is 1. The SMILES string of the molecule is Cc1cccc(O[C@@H](C)C(=O)N2CCOC[C@@H]2c2cccn2C)c1. The van der Waals surface area contributed by atoms with E-state index in [-0.39, 0.29) is 11.9 Å². The molecule has 128 valence electrons. The molecule has 5 heteroatoms. The number of carbonyl (C=O) groups excluding carboxylic acids is 1. The van der Waals surface area contributed by atoms with Gasteiger partial charge >= 0.3 is 0 Å². The van der Waals surface area contributed by atoms with Crippen molar-refractivity contribution in [3.63, 3.8) is 0 Å². The maximum absolute atomic E-state index is 12.9. The van der Waals surface area contributed by atoms with Gasteiger partial charge in [0, 0.05) is 25.5 Å². The van der Waals surface area contributed by atoms with Crippen LogP contribution in [0.5, 0.6) is 5.75 Å². The molecule has 1 aromatic carbocycles. The largest absolute Gasteiger partial charge is 0.481 e. The molecule has 1 saturated heterocycles. The van der Waals surface area contributed by atoms with Crippen LogP contribution in [0.4, 0.5) is 0 Å². The fraction of sp³-hybridized carbons (Fsp3) is 0.421. The van der Waals surface area contributed by atoms with Gasteiger partial charge in [-0.3, -0.25) is 4.79 Å². The van der Waals surface area contributed by atoms with Gasteiger partial charge in [0.25, 0.3) is 5.91 Å². The van der Waals surface area contributed by atoms with Gasteiger partial charge in [-0.1, -0.05) is 12.1 Å². The lowest BCUT2D eigenvalue weighted by Gasteiger charge is -2.37. The summed E-state index contributed by atoms with van der Waals surface area (Å²) in [7, 11) is 1.99. The maximum atomic E-state index is 12.9. The average Bonchev–Trinajstić information content (AvgIpc) is 3.00. The molecule has 1 amide bonds. The molecule has 24 heavy (non-hydrogen) atoms. The predicted molar refractivity (Wildman–Crippen MR) is 92.0 cm³/mol. The van der Waals surface area contributed by atoms with E-state index in [9.17, 15) is 4.79 Å². The van der Waals surface area contributed by atoms with Crippen LogP contribution in [0, 0.1) is 6.92 Å². The molecule has 2 aromatic rings. The lowest BCUT2D eigenvalue weighted by Crippen LogP contribution is -2.48. The number of benzene rings is 1. The quantitative estimate of drug-likeness (QED) is 0.867. The Hall–Kier alpha value is -2.27. The van der Waals surface area contributed by atoms with E-state index in [2.05, 4.69) is 0 Å². The zero-order valence-electron chi connectivity index (χ0n) is 14.4. The van der Waals surface area contributed by atoms with Crippen molar-refractivity contribution in [1.82, 2.24) is 9.47 Å². The van der Waals surface area contributed by atoms with Crippen molar-refractivity contribution < 1.29 is 14.3 Å². The minimum Gasteiger partial charge on any atom is -0.481 e. The first-order valence-corrected chi connectivity index (χ1v) is 8.29. The molecule has 5 nitrogen and oxygen atoms in total. The molecule has 0 aliphatic carbocycles. The smallest absolute Gasteiger partial charge is 0.264 e. The summed E-state index contributed by atoms with van der Waals surface area (Å²) in [6, 6.07) is 11.7. The molecule has 1 aliphatic heterocycles. The molecular formula is C19H24N2O3. The standard InChI is InChI=1S/C19H24N2O3/c1-14-6-4-7-16(12-14)24-15(2)19(22)21-10-11-23-13-18(21)17-8-5-9-20(17)3/h4-9,12,15,18H,10-11,13H2,1-3H3/t15-,18+/m0/s1. The predicted octanol–water partition coefficient (Wildman–Crippen LogP) is 2.70. The molecule has 0 bridgehead atoms. The van der Waals surface area contributed by atoms with Crippen LogP contribution in [0.3, 0.4) is 0 Å². The summed E-state index contributed by atoms with van der Waals surface area (Å²) >= 11 is 0. The second kappa shape index (κ2) is 7.09. The highest BCUT2D eigenvalue weighted by Crippen LogP contribution is 2.26. The van der Waals surface area contributed by atoms with Crippen LogP contribution < -0.4 is 4.74 Å². The van der Waals surface area contributed by atoms with Gasteiger partial charge in [0.15, 0.2) is 6.10 Å². The van der Waals surface area contributed by atoms with Crippen LogP contribution in [0.2, 0.25) is 0 Å². The van der Waals surface area contributed by atoms with Crippen LogP contribution in [0.25, 0.3) is 0 Å². The Balaban J connectivity index is 1.75.